The van der Waals surface area contributed by atoms with Crippen LogP contribution >= 0.6 is 0 Å². The van der Waals surface area contributed by atoms with Crippen molar-refractivity contribution < 1.29 is 9.59 Å². The molecule has 0 saturated carbocycles. The van der Waals surface area contributed by atoms with Crippen molar-refractivity contribution in [1.29, 1.82) is 0 Å². The molecule has 0 aromatic heterocycles. The topological polar surface area (TPSA) is 34.1 Å². The van der Waals surface area contributed by atoms with E-state index < -0.39 is 5.78 Å². The van der Waals surface area contributed by atoms with Crippen molar-refractivity contribution in [3.8, 4) is 12.3 Å². The zero-order chi connectivity index (χ0) is 5.70. The minimum Gasteiger partial charge on any atom is -0.289 e. The summed E-state index contributed by atoms with van der Waals surface area (Å²) >= 11 is 0. The Bertz CT molecular complexity index is 119. The summed E-state index contributed by atoms with van der Waals surface area (Å²) in [4.78, 5) is 19.2. The van der Waals surface area contributed by atoms with Crippen molar-refractivity contribution in [2.75, 3.05) is 0 Å². The molecular weight excluding hydrogens is 92.1 g/mol. The molecule has 0 fully saturated rings. The normalized spacial score (nSPS) is 6.71. The van der Waals surface area contributed by atoms with Crippen LogP contribution in [0, 0.1) is 12.3 Å². The van der Waals surface area contributed by atoms with E-state index in [4.69, 9.17) is 0 Å². The summed E-state index contributed by atoms with van der Waals surface area (Å²) in [5, 5.41) is 0. The first-order valence-corrected chi connectivity index (χ1v) is 1.65. The second kappa shape index (κ2) is 3.10. The molecule has 0 aliphatic heterocycles. The zero-order valence-corrected chi connectivity index (χ0v) is 3.60. The van der Waals surface area contributed by atoms with Gasteiger partial charge in [0.05, 0.1) is 6.42 Å². The van der Waals surface area contributed by atoms with E-state index in [1.54, 1.807) is 0 Å². The largest absolute Gasteiger partial charge is 0.289 e. The highest BCUT2D eigenvalue weighted by molar-refractivity contribution is 6.25. The lowest BCUT2D eigenvalue weighted by Gasteiger charge is -1.70. The highest BCUT2D eigenvalue weighted by Gasteiger charge is 1.92. The number of carbonyl (C=O) groups excluding carboxylic acids is 2. The fraction of sp³-hybridized carbons (Fsp3) is 0.200. The lowest BCUT2D eigenvalue weighted by molar-refractivity contribution is -0.112. The first-order chi connectivity index (χ1) is 3.31. The summed E-state index contributed by atoms with van der Waals surface area (Å²) in [7, 11) is 0. The summed E-state index contributed by atoms with van der Waals surface area (Å²) in [5.74, 6) is 1.34. The molecule has 0 amide bonds. The van der Waals surface area contributed by atoms with E-state index in [1.807, 2.05) is 5.92 Å². The zero-order valence-electron chi connectivity index (χ0n) is 3.60. The van der Waals surface area contributed by atoms with E-state index in [0.29, 0.717) is 0 Å². The molecule has 0 aliphatic rings. The van der Waals surface area contributed by atoms with E-state index in [9.17, 15) is 9.59 Å². The fourth-order valence-corrected chi connectivity index (χ4v) is 0.129. The smallest absolute Gasteiger partial charge is 0.273 e. The predicted octanol–water partition coefficient (Wildman–Crippen LogP) is -0.311. The standard InChI is InChI=1S/C5H3O2/c1-2-3-5(7)4-6/h1H,3H2. The van der Waals surface area contributed by atoms with Crippen LogP contribution < -0.4 is 0 Å². The molecule has 0 aliphatic carbocycles. The molecule has 0 bridgehead atoms. The lowest BCUT2D eigenvalue weighted by Crippen LogP contribution is -1.94. The van der Waals surface area contributed by atoms with E-state index in [0.717, 1.165) is 6.29 Å². The molecule has 35 valence electrons. The van der Waals surface area contributed by atoms with Crippen molar-refractivity contribution in [2.24, 2.45) is 0 Å². The summed E-state index contributed by atoms with van der Waals surface area (Å²) in [6, 6.07) is 0. The van der Waals surface area contributed by atoms with Crippen molar-refractivity contribution in [1.82, 2.24) is 0 Å². The van der Waals surface area contributed by atoms with E-state index >= 15 is 0 Å². The maximum absolute atomic E-state index is 9.85. The maximum atomic E-state index is 9.85. The minimum absolute atomic E-state index is 0.135. The Morgan fingerprint density at radius 2 is 2.29 bits per heavy atom. The van der Waals surface area contributed by atoms with Crippen LogP contribution in [-0.4, -0.2) is 12.1 Å². The second-order valence-electron chi connectivity index (χ2n) is 0.906. The van der Waals surface area contributed by atoms with Crippen molar-refractivity contribution in [3.63, 3.8) is 0 Å². The third-order valence-corrected chi connectivity index (χ3v) is 0.376. The number of hydrogen-bond acceptors (Lipinski definition) is 2. The number of rotatable bonds is 2. The Morgan fingerprint density at radius 3 is 2.43 bits per heavy atom. The summed E-state index contributed by atoms with van der Waals surface area (Å²) in [5.41, 5.74) is 0. The SMILES string of the molecule is C#CCC(=O)[C]=O. The van der Waals surface area contributed by atoms with Crippen LogP contribution in [-0.2, 0) is 9.59 Å². The van der Waals surface area contributed by atoms with Crippen LogP contribution in [0.3, 0.4) is 0 Å². The maximum Gasteiger partial charge on any atom is 0.273 e. The lowest BCUT2D eigenvalue weighted by atomic mass is 10.3. The van der Waals surface area contributed by atoms with Crippen LogP contribution in [0.2, 0.25) is 0 Å². The molecule has 0 rings (SSSR count). The van der Waals surface area contributed by atoms with Gasteiger partial charge < -0.3 is 0 Å². The summed E-state index contributed by atoms with van der Waals surface area (Å²) in [6.07, 6.45) is 5.65. The average molecular weight is 95.1 g/mol. The number of terminal acetylenes is 1. The molecule has 2 heteroatoms. The quantitative estimate of drug-likeness (QED) is 0.348. The minimum atomic E-state index is -0.664. The molecule has 0 atom stereocenters. The fourth-order valence-electron chi connectivity index (χ4n) is 0.129. The van der Waals surface area contributed by atoms with Gasteiger partial charge in [0.15, 0.2) is 0 Å². The second-order valence-corrected chi connectivity index (χ2v) is 0.906. The summed E-state index contributed by atoms with van der Waals surface area (Å²) < 4.78 is 0. The number of carbonyl (C=O) groups is 1. The van der Waals surface area contributed by atoms with Crippen LogP contribution in [0.15, 0.2) is 0 Å². The molecule has 0 heterocycles. The third kappa shape index (κ3) is 2.71. The molecule has 0 unspecified atom stereocenters. The molecule has 7 heavy (non-hydrogen) atoms. The van der Waals surface area contributed by atoms with Crippen LogP contribution in [0.4, 0.5) is 0 Å². The van der Waals surface area contributed by atoms with E-state index in [1.165, 1.54) is 0 Å². The van der Waals surface area contributed by atoms with Crippen LogP contribution in [0.1, 0.15) is 6.42 Å². The van der Waals surface area contributed by atoms with Gasteiger partial charge in [-0.3, -0.25) is 9.59 Å². The van der Waals surface area contributed by atoms with Gasteiger partial charge in [-0.2, -0.15) is 0 Å². The van der Waals surface area contributed by atoms with Crippen LogP contribution in [0.25, 0.3) is 0 Å². The summed E-state index contributed by atoms with van der Waals surface area (Å²) in [6.45, 7) is 0. The molecular formula is C5H3O2. The number of ketones is 1. The van der Waals surface area contributed by atoms with Gasteiger partial charge in [0.25, 0.3) is 6.29 Å². The average Bonchev–Trinajstić information content (AvgIpc) is 1.68. The van der Waals surface area contributed by atoms with Gasteiger partial charge in [0.1, 0.15) is 0 Å². The number of Topliss-reactive ketones (excluding diaryl/α,β-unsaturated/α-hetero) is 1. The molecule has 0 aromatic rings. The van der Waals surface area contributed by atoms with Crippen LogP contribution in [0.5, 0.6) is 0 Å². The highest BCUT2D eigenvalue weighted by atomic mass is 16.2. The van der Waals surface area contributed by atoms with Gasteiger partial charge in [-0.1, -0.05) is 5.92 Å². The molecule has 0 N–H and O–H groups in total. The highest BCUT2D eigenvalue weighted by Crippen LogP contribution is 1.70. The molecule has 0 aromatic carbocycles. The number of hydrogen-bond donors (Lipinski definition) is 0. The van der Waals surface area contributed by atoms with Gasteiger partial charge in [-0.05, 0) is 0 Å². The van der Waals surface area contributed by atoms with E-state index in [2.05, 4.69) is 6.42 Å². The predicted molar refractivity (Wildman–Crippen MR) is 24.2 cm³/mol. The van der Waals surface area contributed by atoms with Gasteiger partial charge in [-0.25, -0.2) is 0 Å². The Balaban J connectivity index is 3.42. The molecule has 0 spiro atoms. The van der Waals surface area contributed by atoms with E-state index in [-0.39, 0.29) is 6.42 Å². The van der Waals surface area contributed by atoms with Crippen molar-refractivity contribution >= 4 is 12.1 Å². The Labute approximate surface area is 41.5 Å². The molecule has 0 saturated heterocycles. The third-order valence-electron chi connectivity index (χ3n) is 0.376. The molecule has 1 radical (unpaired) electrons. The van der Waals surface area contributed by atoms with Crippen molar-refractivity contribution in [3.05, 3.63) is 0 Å². The van der Waals surface area contributed by atoms with Gasteiger partial charge in [-0.15, -0.1) is 6.42 Å². The van der Waals surface area contributed by atoms with Gasteiger partial charge in [0, 0.05) is 0 Å². The molecule has 2 nitrogen and oxygen atoms in total. The Kier molecular flexibility index (Phi) is 2.62. The van der Waals surface area contributed by atoms with Gasteiger partial charge >= 0.3 is 0 Å². The first-order valence-electron chi connectivity index (χ1n) is 1.65. The first kappa shape index (κ1) is 5.90. The van der Waals surface area contributed by atoms with Crippen molar-refractivity contribution in [2.45, 2.75) is 6.42 Å². The Hall–Kier alpha value is -1.10. The Morgan fingerprint density at radius 1 is 1.71 bits per heavy atom. The van der Waals surface area contributed by atoms with Gasteiger partial charge in [0.2, 0.25) is 5.78 Å². The monoisotopic (exact) mass is 95.0 g/mol.